The van der Waals surface area contributed by atoms with Crippen LogP contribution in [0.1, 0.15) is 53.0 Å². The lowest BCUT2D eigenvalue weighted by molar-refractivity contribution is -0.150. The number of carbonyl (C=O) groups is 1. The Balaban J connectivity index is 1.86. The summed E-state index contributed by atoms with van der Waals surface area (Å²) in [6.45, 7) is 16.8. The molecule has 0 aliphatic rings. The zero-order valence-corrected chi connectivity index (χ0v) is 28.2. The molecule has 3 aromatic rings. The molecule has 0 radical (unpaired) electrons. The first kappa shape index (κ1) is 34.4. The molecule has 0 N–H and O–H groups in total. The molecule has 43 heavy (non-hydrogen) atoms. The van der Waals surface area contributed by atoms with Crippen LogP contribution in [0, 0.1) is 18.8 Å². The Bertz CT molecular complexity index is 1390. The molecule has 3 rings (SSSR count). The Labute approximate surface area is 259 Å². The van der Waals surface area contributed by atoms with E-state index in [1.807, 2.05) is 50.2 Å². The molecule has 8 heteroatoms. The Hall–Kier alpha value is -3.04. The first-order valence-electron chi connectivity index (χ1n) is 14.9. The van der Waals surface area contributed by atoms with Crippen molar-refractivity contribution in [3.63, 3.8) is 0 Å². The van der Waals surface area contributed by atoms with Gasteiger partial charge < -0.3 is 9.16 Å². The second-order valence-corrected chi connectivity index (χ2v) is 17.9. The van der Waals surface area contributed by atoms with Crippen LogP contribution >= 0.6 is 0 Å². The van der Waals surface area contributed by atoms with E-state index in [1.54, 1.807) is 19.1 Å². The second kappa shape index (κ2) is 15.1. The third-order valence-corrected chi connectivity index (χ3v) is 14.2. The van der Waals surface area contributed by atoms with E-state index in [1.165, 1.54) is 12.1 Å². The fourth-order valence-electron chi connectivity index (χ4n) is 5.68. The highest BCUT2D eigenvalue weighted by molar-refractivity contribution is 7.86. The minimum Gasteiger partial charge on any atom is -0.466 e. The number of benzene rings is 3. The third-order valence-electron chi connectivity index (χ3n) is 7.85. The lowest BCUT2D eigenvalue weighted by atomic mass is 9.83. The zero-order chi connectivity index (χ0) is 31.7. The highest BCUT2D eigenvalue weighted by Gasteiger charge is 2.50. The maximum Gasteiger partial charge on any atom is 0.309 e. The minimum atomic E-state index is -3.93. The largest absolute Gasteiger partial charge is 0.466 e. The van der Waals surface area contributed by atoms with Crippen molar-refractivity contribution < 1.29 is 26.6 Å². The van der Waals surface area contributed by atoms with E-state index < -0.39 is 24.4 Å². The van der Waals surface area contributed by atoms with Gasteiger partial charge in [-0.1, -0.05) is 111 Å². The number of aryl methyl sites for hydroxylation is 1. The van der Waals surface area contributed by atoms with Crippen molar-refractivity contribution in [1.82, 2.24) is 0 Å². The smallest absolute Gasteiger partial charge is 0.309 e. The van der Waals surface area contributed by atoms with Gasteiger partial charge in [0.15, 0.2) is 0 Å². The molecule has 2 atom stereocenters. The van der Waals surface area contributed by atoms with Gasteiger partial charge in [-0.25, -0.2) is 0 Å². The maximum atomic E-state index is 13.3. The lowest BCUT2D eigenvalue weighted by Crippen LogP contribution is -2.66. The fraction of sp³-hybridized carbons (Fsp3) is 0.400. The number of ether oxygens (including phenoxy) is 1. The van der Waals surface area contributed by atoms with Crippen LogP contribution in [0.5, 0.6) is 0 Å². The highest BCUT2D eigenvalue weighted by atomic mass is 32.2. The van der Waals surface area contributed by atoms with E-state index in [2.05, 4.69) is 51.6 Å². The predicted molar refractivity (Wildman–Crippen MR) is 176 cm³/mol. The molecule has 0 spiro atoms. The molecule has 0 heterocycles. The Kier molecular flexibility index (Phi) is 12.1. The molecule has 0 aliphatic carbocycles. The highest BCUT2D eigenvalue weighted by Crippen LogP contribution is 2.37. The molecule has 3 aromatic carbocycles. The lowest BCUT2D eigenvalue weighted by Gasteiger charge is -2.43. The quantitative estimate of drug-likeness (QED) is 0.0842. The maximum absolute atomic E-state index is 13.3. The van der Waals surface area contributed by atoms with Gasteiger partial charge in [0, 0.05) is 6.61 Å². The monoisotopic (exact) mass is 622 g/mol. The molecular formula is C35H46O6SSi. The summed E-state index contributed by atoms with van der Waals surface area (Å²) >= 11 is 0. The third kappa shape index (κ3) is 8.53. The number of allylic oxidation sites excluding steroid dienone is 1. The Morgan fingerprint density at radius 2 is 1.35 bits per heavy atom. The van der Waals surface area contributed by atoms with Crippen LogP contribution in [0.2, 0.25) is 5.04 Å². The molecule has 2 unspecified atom stereocenters. The number of rotatable bonds is 15. The molecule has 0 saturated heterocycles. The molecule has 0 bridgehead atoms. The van der Waals surface area contributed by atoms with Gasteiger partial charge in [0.05, 0.1) is 24.0 Å². The number of esters is 1. The Morgan fingerprint density at radius 1 is 0.837 bits per heavy atom. The molecule has 0 aromatic heterocycles. The summed E-state index contributed by atoms with van der Waals surface area (Å²) < 4.78 is 43.5. The summed E-state index contributed by atoms with van der Waals surface area (Å²) in [4.78, 5) is 13.4. The minimum absolute atomic E-state index is 0.0841. The number of carbonyl (C=O) groups excluding carboxylic acids is 1. The summed E-state index contributed by atoms with van der Waals surface area (Å²) in [7, 11) is -6.74. The van der Waals surface area contributed by atoms with E-state index in [0.717, 1.165) is 21.5 Å². The van der Waals surface area contributed by atoms with Crippen LogP contribution in [0.4, 0.5) is 0 Å². The van der Waals surface area contributed by atoms with Gasteiger partial charge in [-0.15, -0.1) is 0 Å². The van der Waals surface area contributed by atoms with Crippen LogP contribution < -0.4 is 10.4 Å². The van der Waals surface area contributed by atoms with Crippen molar-refractivity contribution >= 4 is 34.8 Å². The second-order valence-electron chi connectivity index (χ2n) is 12.0. The van der Waals surface area contributed by atoms with Crippen molar-refractivity contribution in [2.75, 3.05) is 19.8 Å². The summed E-state index contributed by atoms with van der Waals surface area (Å²) in [6, 6.07) is 27.2. The number of hydrogen-bond donors (Lipinski definition) is 0. The van der Waals surface area contributed by atoms with Crippen molar-refractivity contribution in [3.8, 4) is 0 Å². The van der Waals surface area contributed by atoms with E-state index in [-0.39, 0.29) is 35.0 Å². The molecule has 232 valence electrons. The van der Waals surface area contributed by atoms with Gasteiger partial charge in [0.1, 0.15) is 0 Å². The fourth-order valence-corrected chi connectivity index (χ4v) is 11.2. The van der Waals surface area contributed by atoms with Crippen molar-refractivity contribution in [3.05, 3.63) is 103 Å². The summed E-state index contributed by atoms with van der Waals surface area (Å²) in [5.41, 5.74) is 1.72. The zero-order valence-electron chi connectivity index (χ0n) is 26.3. The average Bonchev–Trinajstić information content (AvgIpc) is 2.96. The number of hydrogen-bond acceptors (Lipinski definition) is 6. The first-order valence-corrected chi connectivity index (χ1v) is 18.2. The van der Waals surface area contributed by atoms with E-state index in [0.29, 0.717) is 19.4 Å². The molecular weight excluding hydrogens is 577 g/mol. The molecule has 0 amide bonds. The molecule has 6 nitrogen and oxygen atoms in total. The van der Waals surface area contributed by atoms with Gasteiger partial charge in [-0.3, -0.25) is 8.98 Å². The van der Waals surface area contributed by atoms with Crippen molar-refractivity contribution in [1.29, 1.82) is 0 Å². The summed E-state index contributed by atoms with van der Waals surface area (Å²) in [6.07, 6.45) is 0.689. The Morgan fingerprint density at radius 3 is 1.81 bits per heavy atom. The van der Waals surface area contributed by atoms with Gasteiger partial charge in [0.25, 0.3) is 18.4 Å². The standard InChI is InChI=1S/C35H46O6SSi/c1-8-39-34(36)33(32(27(2)3)23-25-40-42(37,38)29-21-19-28(4)20-22-29)24-26-41-43(35(5,6)7,30-15-11-9-12-16-30)31-17-13-10-14-18-31/h9-22,32-33H,2,8,23-26H2,1,3-7H3. The van der Waals surface area contributed by atoms with E-state index in [4.69, 9.17) is 13.3 Å². The normalized spacial score (nSPS) is 13.7. The van der Waals surface area contributed by atoms with Gasteiger partial charge in [-0.2, -0.15) is 8.42 Å². The molecule has 0 saturated carbocycles. The predicted octanol–water partition coefficient (Wildman–Crippen LogP) is 6.43. The van der Waals surface area contributed by atoms with Crippen LogP contribution in [-0.2, 0) is 28.3 Å². The van der Waals surface area contributed by atoms with Gasteiger partial charge in [-0.05, 0) is 67.1 Å². The van der Waals surface area contributed by atoms with Crippen LogP contribution in [0.15, 0.2) is 102 Å². The first-order chi connectivity index (χ1) is 20.3. The SMILES string of the molecule is C=C(C)C(CCOS(=O)(=O)c1ccc(C)cc1)C(CCO[Si](c1ccccc1)(c1ccccc1)C(C)(C)C)C(=O)OCC. The molecule has 0 fully saturated rings. The molecule has 0 aliphatic heterocycles. The van der Waals surface area contributed by atoms with Crippen LogP contribution in [-0.4, -0.2) is 42.5 Å². The van der Waals surface area contributed by atoms with Gasteiger partial charge in [0.2, 0.25) is 0 Å². The van der Waals surface area contributed by atoms with E-state index in [9.17, 15) is 13.2 Å². The average molecular weight is 623 g/mol. The summed E-state index contributed by atoms with van der Waals surface area (Å²) in [5.74, 6) is -1.26. The van der Waals surface area contributed by atoms with Crippen LogP contribution in [0.25, 0.3) is 0 Å². The van der Waals surface area contributed by atoms with Crippen molar-refractivity contribution in [2.45, 2.75) is 64.3 Å². The van der Waals surface area contributed by atoms with Gasteiger partial charge >= 0.3 is 5.97 Å². The summed E-state index contributed by atoms with van der Waals surface area (Å²) in [5, 5.41) is 2.11. The van der Waals surface area contributed by atoms with E-state index >= 15 is 0 Å². The van der Waals surface area contributed by atoms with Crippen LogP contribution in [0.3, 0.4) is 0 Å². The topological polar surface area (TPSA) is 78.9 Å². The van der Waals surface area contributed by atoms with Crippen molar-refractivity contribution in [2.24, 2.45) is 11.8 Å².